The summed E-state index contributed by atoms with van der Waals surface area (Å²) in [7, 11) is 0. The van der Waals surface area contributed by atoms with Crippen LogP contribution in [0.3, 0.4) is 0 Å². The minimum Gasteiger partial charge on any atom is -0.290 e. The number of hydrogen-bond acceptors (Lipinski definition) is 1. The molecule has 0 aromatic heterocycles. The van der Waals surface area contributed by atoms with Crippen molar-refractivity contribution >= 4 is 5.71 Å². The molecule has 0 fully saturated rings. The number of allylic oxidation sites excluding steroid dienone is 1. The highest BCUT2D eigenvalue weighted by Gasteiger charge is 2.17. The van der Waals surface area contributed by atoms with Crippen LogP contribution in [0.1, 0.15) is 60.3 Å². The molecule has 1 aliphatic heterocycles. The number of nitrogens with zero attached hydrogens (tertiary/aromatic N) is 1. The Hall–Kier alpha value is -0.590. The summed E-state index contributed by atoms with van der Waals surface area (Å²) in [5, 5.41) is 0. The first kappa shape index (κ1) is 13.4. The van der Waals surface area contributed by atoms with Gasteiger partial charge in [-0.05, 0) is 31.8 Å². The topological polar surface area (TPSA) is 12.4 Å². The second kappa shape index (κ2) is 7.78. The van der Waals surface area contributed by atoms with Gasteiger partial charge in [0.25, 0.3) is 0 Å². The Kier molecular flexibility index (Phi) is 7.45. The molecular formula is C13H25N. The summed E-state index contributed by atoms with van der Waals surface area (Å²) < 4.78 is 0. The third-order valence-electron chi connectivity index (χ3n) is 2.47. The molecule has 1 aliphatic carbocycles. The molecule has 1 heterocycles. The second-order valence-corrected chi connectivity index (χ2v) is 3.29. The third kappa shape index (κ3) is 3.65. The van der Waals surface area contributed by atoms with Crippen molar-refractivity contribution < 1.29 is 0 Å². The lowest BCUT2D eigenvalue weighted by Crippen LogP contribution is -2.04. The molecule has 0 radical (unpaired) electrons. The van der Waals surface area contributed by atoms with Crippen LogP contribution in [0.5, 0.6) is 0 Å². The van der Waals surface area contributed by atoms with Crippen LogP contribution in [0.15, 0.2) is 16.1 Å². The Bertz CT molecular complexity index is 211. The molecule has 0 N–H and O–H groups in total. The largest absolute Gasteiger partial charge is 0.290 e. The van der Waals surface area contributed by atoms with Gasteiger partial charge in [-0.25, -0.2) is 0 Å². The van der Waals surface area contributed by atoms with Crippen molar-refractivity contribution in [1.29, 1.82) is 0 Å². The van der Waals surface area contributed by atoms with Gasteiger partial charge in [-0.2, -0.15) is 0 Å². The summed E-state index contributed by atoms with van der Waals surface area (Å²) in [6, 6.07) is 0. The fourth-order valence-corrected chi connectivity index (χ4v) is 1.87. The van der Waals surface area contributed by atoms with Crippen molar-refractivity contribution in [2.45, 2.75) is 60.3 Å². The van der Waals surface area contributed by atoms with Gasteiger partial charge >= 0.3 is 0 Å². The van der Waals surface area contributed by atoms with Crippen molar-refractivity contribution in [3.05, 3.63) is 11.1 Å². The maximum absolute atomic E-state index is 4.43. The van der Waals surface area contributed by atoms with Gasteiger partial charge in [0.15, 0.2) is 0 Å². The van der Waals surface area contributed by atoms with Gasteiger partial charge in [-0.1, -0.05) is 33.3 Å². The maximum Gasteiger partial charge on any atom is 0.0601 e. The lowest BCUT2D eigenvalue weighted by Gasteiger charge is -2.11. The molecule has 0 bridgehead atoms. The molecule has 0 spiro atoms. The highest BCUT2D eigenvalue weighted by molar-refractivity contribution is 5.85. The zero-order chi connectivity index (χ0) is 11.0. The zero-order valence-electron chi connectivity index (χ0n) is 10.5. The number of rotatable bonds is 0. The molecule has 0 atom stereocenters. The monoisotopic (exact) mass is 195 g/mol. The molecule has 0 amide bonds. The van der Waals surface area contributed by atoms with E-state index in [-0.39, 0.29) is 0 Å². The minimum absolute atomic E-state index is 1.02. The average Bonchev–Trinajstić information content (AvgIpc) is 2.71. The van der Waals surface area contributed by atoms with Gasteiger partial charge in [-0.15, -0.1) is 0 Å². The quantitative estimate of drug-likeness (QED) is 0.508. The Balaban J connectivity index is 0.000000379. The molecule has 0 saturated carbocycles. The summed E-state index contributed by atoms with van der Waals surface area (Å²) >= 11 is 0. The maximum atomic E-state index is 4.43. The standard InChI is InChI=1S/C9H13N.2C2H6/c1-7-5-8-3-2-4-9(8)6-10-7;2*1-2/h2-6H2,1H3;2*1-2H3. The van der Waals surface area contributed by atoms with Crippen LogP contribution in [0.2, 0.25) is 0 Å². The second-order valence-electron chi connectivity index (χ2n) is 3.29. The first-order chi connectivity index (χ1) is 6.86. The van der Waals surface area contributed by atoms with E-state index >= 15 is 0 Å². The van der Waals surface area contributed by atoms with Crippen LogP contribution in [0.25, 0.3) is 0 Å². The van der Waals surface area contributed by atoms with Gasteiger partial charge in [0, 0.05) is 12.1 Å². The van der Waals surface area contributed by atoms with Gasteiger partial charge in [0.1, 0.15) is 0 Å². The number of hydrogen-bond donors (Lipinski definition) is 0. The minimum atomic E-state index is 1.02. The molecular weight excluding hydrogens is 170 g/mol. The summed E-state index contributed by atoms with van der Waals surface area (Å²) in [5.74, 6) is 0. The van der Waals surface area contributed by atoms with Crippen LogP contribution in [-0.2, 0) is 0 Å². The molecule has 2 aliphatic rings. The molecule has 0 aromatic carbocycles. The van der Waals surface area contributed by atoms with Crippen molar-refractivity contribution in [2.24, 2.45) is 4.99 Å². The molecule has 2 rings (SSSR count). The van der Waals surface area contributed by atoms with Gasteiger partial charge in [0.05, 0.1) is 6.54 Å². The first-order valence-corrected chi connectivity index (χ1v) is 6.06. The number of aliphatic imine (C=N–C) groups is 1. The Morgan fingerprint density at radius 2 is 1.50 bits per heavy atom. The molecule has 0 unspecified atom stereocenters. The highest BCUT2D eigenvalue weighted by Crippen LogP contribution is 2.31. The Morgan fingerprint density at radius 1 is 0.929 bits per heavy atom. The van der Waals surface area contributed by atoms with Gasteiger partial charge in [0.2, 0.25) is 0 Å². The summed E-state index contributed by atoms with van der Waals surface area (Å²) in [6.45, 7) is 11.2. The normalized spacial score (nSPS) is 18.5. The van der Waals surface area contributed by atoms with Crippen molar-refractivity contribution in [1.82, 2.24) is 0 Å². The summed E-state index contributed by atoms with van der Waals surface area (Å²) in [6.07, 6.45) is 5.23. The fourth-order valence-electron chi connectivity index (χ4n) is 1.87. The van der Waals surface area contributed by atoms with E-state index in [9.17, 15) is 0 Å². The molecule has 0 aromatic rings. The van der Waals surface area contributed by atoms with Crippen LogP contribution in [0.4, 0.5) is 0 Å². The molecule has 1 heteroatoms. The zero-order valence-corrected chi connectivity index (χ0v) is 10.5. The van der Waals surface area contributed by atoms with Crippen molar-refractivity contribution in [3.8, 4) is 0 Å². The van der Waals surface area contributed by atoms with E-state index in [0.717, 1.165) is 6.54 Å². The first-order valence-electron chi connectivity index (χ1n) is 6.06. The van der Waals surface area contributed by atoms with Crippen LogP contribution >= 0.6 is 0 Å². The van der Waals surface area contributed by atoms with Crippen molar-refractivity contribution in [3.63, 3.8) is 0 Å². The fraction of sp³-hybridized carbons (Fsp3) is 0.769. The van der Waals surface area contributed by atoms with Crippen LogP contribution in [0, 0.1) is 0 Å². The predicted molar refractivity (Wildman–Crippen MR) is 66.2 cm³/mol. The van der Waals surface area contributed by atoms with E-state index in [2.05, 4.69) is 11.9 Å². The summed E-state index contributed by atoms with van der Waals surface area (Å²) in [5.41, 5.74) is 4.68. The lowest BCUT2D eigenvalue weighted by atomic mass is 10.0. The molecule has 82 valence electrons. The molecule has 1 nitrogen and oxygen atoms in total. The van der Waals surface area contributed by atoms with E-state index in [1.54, 1.807) is 11.1 Å². The highest BCUT2D eigenvalue weighted by atomic mass is 14.7. The van der Waals surface area contributed by atoms with E-state index in [1.807, 2.05) is 27.7 Å². The van der Waals surface area contributed by atoms with Gasteiger partial charge < -0.3 is 0 Å². The van der Waals surface area contributed by atoms with Crippen LogP contribution < -0.4 is 0 Å². The lowest BCUT2D eigenvalue weighted by molar-refractivity contribution is 0.884. The van der Waals surface area contributed by atoms with Gasteiger partial charge in [-0.3, -0.25) is 4.99 Å². The average molecular weight is 195 g/mol. The predicted octanol–water partition coefficient (Wildman–Crippen LogP) is 4.38. The van der Waals surface area contributed by atoms with E-state index in [1.165, 1.54) is 31.4 Å². The summed E-state index contributed by atoms with van der Waals surface area (Å²) in [4.78, 5) is 4.43. The Labute approximate surface area is 89.3 Å². The third-order valence-corrected chi connectivity index (χ3v) is 2.47. The Morgan fingerprint density at radius 3 is 2.14 bits per heavy atom. The molecule has 0 saturated heterocycles. The number of dihydropyridines is 1. The van der Waals surface area contributed by atoms with E-state index < -0.39 is 0 Å². The smallest absolute Gasteiger partial charge is 0.0601 e. The van der Waals surface area contributed by atoms with E-state index in [0.29, 0.717) is 0 Å². The van der Waals surface area contributed by atoms with Crippen LogP contribution in [-0.4, -0.2) is 12.3 Å². The SMILES string of the molecule is CC.CC.CC1=NCC2=C(CCC2)C1. The van der Waals surface area contributed by atoms with Crippen molar-refractivity contribution in [2.75, 3.05) is 6.54 Å². The molecule has 14 heavy (non-hydrogen) atoms. The van der Waals surface area contributed by atoms with E-state index in [4.69, 9.17) is 0 Å².